The number of amides is 1. The van der Waals surface area contributed by atoms with Gasteiger partial charge in [0.1, 0.15) is 0 Å². The number of aromatic nitrogens is 1. The molecule has 3 rings (SSSR count). The van der Waals surface area contributed by atoms with Crippen molar-refractivity contribution in [2.24, 2.45) is 0 Å². The predicted octanol–water partition coefficient (Wildman–Crippen LogP) is 2.77. The van der Waals surface area contributed by atoms with Gasteiger partial charge in [0.25, 0.3) is 5.91 Å². The van der Waals surface area contributed by atoms with E-state index in [1.807, 2.05) is 43.4 Å². The molecule has 26 heavy (non-hydrogen) atoms. The molecule has 3 aromatic rings. The monoisotopic (exact) mass is 571 g/mol. The van der Waals surface area contributed by atoms with Crippen LogP contribution < -0.4 is 16.0 Å². The molecule has 0 fully saturated rings. The topological polar surface area (TPSA) is 66.0 Å². The van der Waals surface area contributed by atoms with Crippen LogP contribution >= 0.6 is 0 Å². The zero-order valence-electron chi connectivity index (χ0n) is 14.8. The van der Waals surface area contributed by atoms with Gasteiger partial charge in [0.2, 0.25) is 0 Å². The summed E-state index contributed by atoms with van der Waals surface area (Å²) in [6.07, 6.45) is 1.73. The quantitative estimate of drug-likeness (QED) is 0.399. The van der Waals surface area contributed by atoms with E-state index in [1.54, 1.807) is 19.3 Å². The summed E-state index contributed by atoms with van der Waals surface area (Å²) in [5.41, 5.74) is 3.35. The summed E-state index contributed by atoms with van der Waals surface area (Å²) in [4.78, 5) is 16.5. The molecule has 6 heteroatoms. The fraction of sp³-hybridized carbons (Fsp3) is 0.200. The Kier molecular flexibility index (Phi) is 7.65. The summed E-state index contributed by atoms with van der Waals surface area (Å²) < 4.78 is 0. The summed E-state index contributed by atoms with van der Waals surface area (Å²) in [7, 11) is 3.55. The average molecular weight is 571 g/mol. The second-order valence-electron chi connectivity index (χ2n) is 5.73. The predicted molar refractivity (Wildman–Crippen MR) is 101 cm³/mol. The average Bonchev–Trinajstić information content (AvgIpc) is 2.67. The van der Waals surface area contributed by atoms with E-state index < -0.39 is 0 Å². The van der Waals surface area contributed by atoms with Gasteiger partial charge in [0.05, 0.1) is 11.1 Å². The molecular weight excluding hydrogens is 550 g/mol. The molecule has 3 N–H and O–H groups in total. The van der Waals surface area contributed by atoms with Crippen LogP contribution in [0, 0.1) is 37.2 Å². The molecule has 0 bridgehead atoms. The van der Waals surface area contributed by atoms with Crippen LogP contribution in [0.1, 0.15) is 22.0 Å². The zero-order valence-corrected chi connectivity index (χ0v) is 19.0. The maximum Gasteiger partial charge on any atom is 0.253 e. The fourth-order valence-electron chi connectivity index (χ4n) is 2.89. The van der Waals surface area contributed by atoms with E-state index in [2.05, 4.69) is 33.1 Å². The third-order valence-corrected chi connectivity index (χ3v) is 4.11. The smallest absolute Gasteiger partial charge is 0.253 e. The van der Waals surface area contributed by atoms with Crippen LogP contribution in [0.3, 0.4) is 0 Å². The molecule has 0 unspecified atom stereocenters. The molecule has 1 atom stereocenters. The molecule has 2 aromatic carbocycles. The van der Waals surface area contributed by atoms with Gasteiger partial charge in [-0.2, -0.15) is 30.3 Å². The van der Waals surface area contributed by atoms with Crippen LogP contribution in [0.25, 0.3) is 10.9 Å². The number of hydrogen-bond donors (Lipinski definition) is 3. The number of para-hydroxylation sites is 1. The number of nitrogens with one attached hydrogen (secondary N) is 3. The van der Waals surface area contributed by atoms with E-state index in [9.17, 15) is 4.79 Å². The number of anilines is 1. The van der Waals surface area contributed by atoms with Crippen molar-refractivity contribution >= 4 is 22.5 Å². The third-order valence-electron chi connectivity index (χ3n) is 4.11. The van der Waals surface area contributed by atoms with Gasteiger partial charge < -0.3 is 16.0 Å². The minimum atomic E-state index is -0.139. The van der Waals surface area contributed by atoms with Crippen molar-refractivity contribution in [1.82, 2.24) is 15.6 Å². The summed E-state index contributed by atoms with van der Waals surface area (Å²) in [6, 6.07) is 18.7. The number of rotatable bonds is 6. The first kappa shape index (κ1) is 20.4. The fourth-order valence-corrected chi connectivity index (χ4v) is 2.89. The zero-order chi connectivity index (χ0) is 17.6. The Morgan fingerprint density at radius 3 is 2.73 bits per heavy atom. The first-order valence-electron chi connectivity index (χ1n) is 8.21. The van der Waals surface area contributed by atoms with Crippen molar-refractivity contribution in [3.8, 4) is 0 Å². The van der Waals surface area contributed by atoms with Crippen molar-refractivity contribution in [3.05, 3.63) is 71.9 Å². The van der Waals surface area contributed by atoms with E-state index >= 15 is 0 Å². The van der Waals surface area contributed by atoms with Gasteiger partial charge in [-0.3, -0.25) is 9.78 Å². The van der Waals surface area contributed by atoms with Crippen LogP contribution in [0.2, 0.25) is 0 Å². The minimum Gasteiger partial charge on any atom is -0.387 e. The number of nitrogens with zero attached hydrogens (tertiary/aromatic N) is 1. The van der Waals surface area contributed by atoms with E-state index in [0.29, 0.717) is 11.1 Å². The Balaban J connectivity index is 0.00000243. The molecular formula is C20H21N4OU-. The van der Waals surface area contributed by atoms with E-state index in [-0.39, 0.29) is 43.1 Å². The van der Waals surface area contributed by atoms with Crippen LogP contribution in [0.15, 0.2) is 54.7 Å². The Hall–Kier alpha value is -1.87. The van der Waals surface area contributed by atoms with Gasteiger partial charge in [0.15, 0.2) is 0 Å². The number of carbonyl (C=O) groups excluding carboxylic acids is 1. The number of benzene rings is 2. The molecule has 0 aliphatic heterocycles. The summed E-state index contributed by atoms with van der Waals surface area (Å²) in [5, 5.41) is 10.4. The van der Waals surface area contributed by atoms with Crippen molar-refractivity contribution in [3.63, 3.8) is 0 Å². The van der Waals surface area contributed by atoms with Gasteiger partial charge in [-0.1, -0.05) is 12.1 Å². The minimum absolute atomic E-state index is 0. The molecule has 0 saturated heterocycles. The summed E-state index contributed by atoms with van der Waals surface area (Å²) in [6.45, 7) is 0.761. The second kappa shape index (κ2) is 9.73. The number of pyridine rings is 1. The number of fused-ring (bicyclic) bond motifs is 1. The third kappa shape index (κ3) is 4.45. The summed E-state index contributed by atoms with van der Waals surface area (Å²) >= 11 is 0. The van der Waals surface area contributed by atoms with E-state index in [4.69, 9.17) is 0 Å². The Morgan fingerprint density at radius 1 is 1.19 bits per heavy atom. The van der Waals surface area contributed by atoms with Gasteiger partial charge in [-0.15, -0.1) is 5.56 Å². The Morgan fingerprint density at radius 2 is 2.04 bits per heavy atom. The molecule has 0 aliphatic carbocycles. The van der Waals surface area contributed by atoms with Crippen LogP contribution in [-0.2, 0) is 0 Å². The molecule has 1 amide bonds. The first-order valence-corrected chi connectivity index (χ1v) is 8.21. The SMILES string of the molecule is CNC[C@@H](Nc1ccnc2c(C(=O)NC)cccc12)c1c[c-]ccc1.[U]. The number of likely N-dealkylation sites (N-methyl/N-ethyl adjacent to an activating group) is 1. The van der Waals surface area contributed by atoms with E-state index in [0.717, 1.165) is 23.2 Å². The number of hydrogen-bond acceptors (Lipinski definition) is 4. The maximum atomic E-state index is 12.1. The standard InChI is InChI=1S/C20H21N4O.U/c1-21-13-18(14-7-4-3-5-8-14)24-17-11-12-23-19-15(17)9-6-10-16(19)20(25)22-2;/h3-4,6-12,18,21H,13H2,1-2H3,(H,22,25)(H,23,24);/q-1;/t18-;/m1./s1. The van der Waals surface area contributed by atoms with Gasteiger partial charge in [-0.25, -0.2) is 0 Å². The molecule has 5 nitrogen and oxygen atoms in total. The molecule has 1 heterocycles. The van der Waals surface area contributed by atoms with Crippen LogP contribution in [-0.4, -0.2) is 31.5 Å². The second-order valence-corrected chi connectivity index (χ2v) is 5.73. The van der Waals surface area contributed by atoms with E-state index in [1.165, 1.54) is 0 Å². The normalized spacial score (nSPS) is 11.5. The molecule has 0 spiro atoms. The Bertz CT molecular complexity index is 870. The molecule has 132 valence electrons. The Labute approximate surface area is 177 Å². The molecule has 1 aromatic heterocycles. The largest absolute Gasteiger partial charge is 0.387 e. The van der Waals surface area contributed by atoms with Crippen LogP contribution in [0.4, 0.5) is 5.69 Å². The van der Waals surface area contributed by atoms with Crippen LogP contribution in [0.5, 0.6) is 0 Å². The van der Waals surface area contributed by atoms with Crippen molar-refractivity contribution in [2.45, 2.75) is 6.04 Å². The van der Waals surface area contributed by atoms with Crippen molar-refractivity contribution < 1.29 is 35.9 Å². The maximum absolute atomic E-state index is 12.1. The van der Waals surface area contributed by atoms with Gasteiger partial charge in [-0.05, 0) is 19.2 Å². The van der Waals surface area contributed by atoms with Gasteiger partial charge in [0, 0.05) is 68.0 Å². The molecule has 0 aliphatic rings. The number of carbonyl (C=O) groups is 1. The molecule has 0 saturated carbocycles. The van der Waals surface area contributed by atoms with Crippen molar-refractivity contribution in [2.75, 3.05) is 26.0 Å². The molecule has 0 radical (unpaired) electrons. The van der Waals surface area contributed by atoms with Crippen molar-refractivity contribution in [1.29, 1.82) is 0 Å². The van der Waals surface area contributed by atoms with Gasteiger partial charge >= 0.3 is 0 Å². The summed E-state index contributed by atoms with van der Waals surface area (Å²) in [5.74, 6) is -0.139. The first-order chi connectivity index (χ1) is 12.2.